The molecule has 1 aromatic rings. The molecule has 0 aliphatic heterocycles. The van der Waals surface area contributed by atoms with E-state index in [0.717, 1.165) is 6.07 Å². The lowest BCUT2D eigenvalue weighted by molar-refractivity contribution is -0.384. The molecule has 0 saturated carbocycles. The van der Waals surface area contributed by atoms with Crippen LogP contribution in [0.5, 0.6) is 0 Å². The van der Waals surface area contributed by atoms with Crippen molar-refractivity contribution in [3.63, 3.8) is 0 Å². The third-order valence-electron chi connectivity index (χ3n) is 1.59. The van der Waals surface area contributed by atoms with Gasteiger partial charge in [0.2, 0.25) is 0 Å². The summed E-state index contributed by atoms with van der Waals surface area (Å²) in [4.78, 5) is 9.85. The summed E-state index contributed by atoms with van der Waals surface area (Å²) in [5, 5.41) is 10.5. The number of rotatable bonds is 2. The van der Waals surface area contributed by atoms with Gasteiger partial charge in [0.05, 0.1) is 15.6 Å². The molecule has 0 aliphatic carbocycles. The molecule has 0 radical (unpaired) electrons. The predicted octanol–water partition coefficient (Wildman–Crippen LogP) is 1.46. The van der Waals surface area contributed by atoms with Crippen LogP contribution in [0.3, 0.4) is 0 Å². The number of hydrogen-bond donors (Lipinski definition) is 2. The average molecular weight is 232 g/mol. The van der Waals surface area contributed by atoms with E-state index in [1.165, 1.54) is 6.07 Å². The van der Waals surface area contributed by atoms with Gasteiger partial charge < -0.3 is 11.5 Å². The first-order valence-electron chi connectivity index (χ1n) is 3.46. The number of nitrogens with zero attached hydrogens (tertiary/aromatic N) is 1. The van der Waals surface area contributed by atoms with Gasteiger partial charge in [-0.05, 0) is 0 Å². The zero-order valence-electron chi connectivity index (χ0n) is 6.86. The number of nitrogen functional groups attached to an aromatic ring is 1. The van der Waals surface area contributed by atoms with E-state index in [-0.39, 0.29) is 26.9 Å². The van der Waals surface area contributed by atoms with Gasteiger partial charge in [-0.2, -0.15) is 0 Å². The van der Waals surface area contributed by atoms with Crippen LogP contribution in [0.15, 0.2) is 12.1 Å². The summed E-state index contributed by atoms with van der Waals surface area (Å²) in [6, 6.07) is 2.35. The number of nitro groups is 1. The molecule has 0 spiro atoms. The minimum Gasteiger partial charge on any atom is -0.397 e. The molecule has 0 saturated heterocycles. The van der Waals surface area contributed by atoms with Gasteiger partial charge >= 0.3 is 0 Å². The number of thiocarbonyl (C=S) groups is 1. The number of hydrogen-bond acceptors (Lipinski definition) is 4. The van der Waals surface area contributed by atoms with E-state index in [1.54, 1.807) is 0 Å². The number of non-ortho nitro benzene ring substituents is 1. The molecule has 0 bridgehead atoms. The highest BCUT2D eigenvalue weighted by molar-refractivity contribution is 7.80. The number of nitrogens with two attached hydrogens (primary N) is 2. The maximum absolute atomic E-state index is 10.5. The monoisotopic (exact) mass is 231 g/mol. The van der Waals surface area contributed by atoms with E-state index >= 15 is 0 Å². The second-order valence-electron chi connectivity index (χ2n) is 2.51. The Morgan fingerprint density at radius 3 is 2.57 bits per heavy atom. The molecular weight excluding hydrogens is 226 g/mol. The minimum absolute atomic E-state index is 0.0203. The van der Waals surface area contributed by atoms with Crippen LogP contribution in [-0.2, 0) is 0 Å². The first-order chi connectivity index (χ1) is 6.43. The lowest BCUT2D eigenvalue weighted by Crippen LogP contribution is -2.12. The first-order valence-corrected chi connectivity index (χ1v) is 4.25. The summed E-state index contributed by atoms with van der Waals surface area (Å²) in [6.07, 6.45) is 0. The van der Waals surface area contributed by atoms with Crippen molar-refractivity contribution in [1.82, 2.24) is 0 Å². The normalized spacial score (nSPS) is 9.79. The Morgan fingerprint density at radius 2 is 2.14 bits per heavy atom. The van der Waals surface area contributed by atoms with Crippen molar-refractivity contribution in [1.29, 1.82) is 0 Å². The van der Waals surface area contributed by atoms with Crippen molar-refractivity contribution < 1.29 is 4.92 Å². The van der Waals surface area contributed by atoms with Gasteiger partial charge in [0.25, 0.3) is 5.69 Å². The van der Waals surface area contributed by atoms with E-state index < -0.39 is 4.92 Å². The Balaban J connectivity index is 3.43. The maximum Gasteiger partial charge on any atom is 0.271 e. The van der Waals surface area contributed by atoms with Crippen molar-refractivity contribution in [2.45, 2.75) is 0 Å². The third kappa shape index (κ3) is 1.91. The summed E-state index contributed by atoms with van der Waals surface area (Å²) < 4.78 is 0. The molecule has 0 unspecified atom stereocenters. The molecule has 7 heteroatoms. The van der Waals surface area contributed by atoms with Crippen LogP contribution in [0.1, 0.15) is 5.56 Å². The summed E-state index contributed by atoms with van der Waals surface area (Å²) in [5.41, 5.74) is 11.0. The van der Waals surface area contributed by atoms with E-state index in [9.17, 15) is 10.1 Å². The quantitative estimate of drug-likeness (QED) is 0.348. The fourth-order valence-corrected chi connectivity index (χ4v) is 1.30. The molecule has 4 N–H and O–H groups in total. The van der Waals surface area contributed by atoms with Crippen molar-refractivity contribution in [2.75, 3.05) is 5.73 Å². The topological polar surface area (TPSA) is 95.2 Å². The van der Waals surface area contributed by atoms with Crippen LogP contribution in [0.4, 0.5) is 11.4 Å². The summed E-state index contributed by atoms with van der Waals surface area (Å²) in [7, 11) is 0. The number of nitro benzene ring substituents is 1. The highest BCUT2D eigenvalue weighted by Crippen LogP contribution is 2.28. The molecule has 74 valence electrons. The molecular formula is C7H6ClN3O2S. The van der Waals surface area contributed by atoms with Gasteiger partial charge in [0, 0.05) is 17.7 Å². The van der Waals surface area contributed by atoms with Crippen molar-refractivity contribution >= 4 is 40.2 Å². The van der Waals surface area contributed by atoms with Gasteiger partial charge in [-0.25, -0.2) is 0 Å². The Hall–Kier alpha value is -1.40. The van der Waals surface area contributed by atoms with Gasteiger partial charge in [-0.1, -0.05) is 23.8 Å². The van der Waals surface area contributed by atoms with E-state index in [1.807, 2.05) is 0 Å². The number of halogens is 1. The van der Waals surface area contributed by atoms with Crippen LogP contribution in [0, 0.1) is 10.1 Å². The van der Waals surface area contributed by atoms with Gasteiger partial charge in [0.15, 0.2) is 0 Å². The molecule has 5 nitrogen and oxygen atoms in total. The maximum atomic E-state index is 10.5. The lowest BCUT2D eigenvalue weighted by atomic mass is 10.1. The molecule has 1 rings (SSSR count). The van der Waals surface area contributed by atoms with Crippen LogP contribution >= 0.6 is 23.8 Å². The van der Waals surface area contributed by atoms with Gasteiger partial charge in [-0.3, -0.25) is 10.1 Å². The smallest absolute Gasteiger partial charge is 0.271 e. The molecule has 1 aromatic carbocycles. The van der Waals surface area contributed by atoms with Crippen molar-refractivity contribution in [2.24, 2.45) is 5.73 Å². The average Bonchev–Trinajstić information content (AvgIpc) is 2.08. The van der Waals surface area contributed by atoms with Crippen molar-refractivity contribution in [3.05, 3.63) is 32.8 Å². The Labute approximate surface area is 89.8 Å². The van der Waals surface area contributed by atoms with Crippen LogP contribution in [0.2, 0.25) is 5.02 Å². The molecule has 0 aromatic heterocycles. The largest absolute Gasteiger partial charge is 0.397 e. The Bertz CT molecular complexity index is 422. The minimum atomic E-state index is -0.590. The Kier molecular flexibility index (Phi) is 2.87. The highest BCUT2D eigenvalue weighted by atomic mass is 35.5. The standard InChI is InChI=1S/C7H6ClN3O2S/c8-5-2-3(11(12)13)1-4(6(5)9)7(10)14/h1-2H,9H2,(H2,10,14). The molecule has 0 amide bonds. The SMILES string of the molecule is NC(=S)c1cc([N+](=O)[O-])cc(Cl)c1N. The third-order valence-corrected chi connectivity index (χ3v) is 2.12. The Morgan fingerprint density at radius 1 is 1.57 bits per heavy atom. The van der Waals surface area contributed by atoms with Crippen molar-refractivity contribution in [3.8, 4) is 0 Å². The van der Waals surface area contributed by atoms with Crippen LogP contribution in [0.25, 0.3) is 0 Å². The zero-order chi connectivity index (χ0) is 10.9. The lowest BCUT2D eigenvalue weighted by Gasteiger charge is -2.04. The molecule has 0 fully saturated rings. The van der Waals surface area contributed by atoms with Gasteiger partial charge in [-0.15, -0.1) is 0 Å². The zero-order valence-corrected chi connectivity index (χ0v) is 8.43. The van der Waals surface area contributed by atoms with E-state index in [4.69, 9.17) is 23.1 Å². The van der Waals surface area contributed by atoms with Crippen LogP contribution < -0.4 is 11.5 Å². The molecule has 14 heavy (non-hydrogen) atoms. The predicted molar refractivity (Wildman–Crippen MR) is 58.4 cm³/mol. The first kappa shape index (κ1) is 10.7. The number of anilines is 1. The molecule has 0 heterocycles. The number of benzene rings is 1. The fourth-order valence-electron chi connectivity index (χ4n) is 0.913. The fraction of sp³-hybridized carbons (Fsp3) is 0. The molecule has 0 aliphatic rings. The molecule has 0 atom stereocenters. The van der Waals surface area contributed by atoms with E-state index in [0.29, 0.717) is 0 Å². The second kappa shape index (κ2) is 3.77. The van der Waals surface area contributed by atoms with Crippen LogP contribution in [-0.4, -0.2) is 9.91 Å². The second-order valence-corrected chi connectivity index (χ2v) is 3.36. The highest BCUT2D eigenvalue weighted by Gasteiger charge is 2.14. The van der Waals surface area contributed by atoms with E-state index in [2.05, 4.69) is 12.2 Å². The summed E-state index contributed by atoms with van der Waals surface area (Å²) in [6.45, 7) is 0. The summed E-state index contributed by atoms with van der Waals surface area (Å²) in [5.74, 6) is 0. The van der Waals surface area contributed by atoms with Gasteiger partial charge in [0.1, 0.15) is 4.99 Å². The summed E-state index contributed by atoms with van der Waals surface area (Å²) >= 11 is 10.3.